The molecule has 4 heterocycles. The molecule has 70 heavy (non-hydrogen) atoms. The molecule has 4 aromatic heterocycles. The van der Waals surface area contributed by atoms with Gasteiger partial charge < -0.3 is 8.80 Å². The van der Waals surface area contributed by atoms with Crippen molar-refractivity contribution in [2.24, 2.45) is 0 Å². The van der Waals surface area contributed by atoms with Crippen molar-refractivity contribution >= 4 is 76.2 Å². The van der Waals surface area contributed by atoms with E-state index in [1.807, 2.05) is 0 Å². The van der Waals surface area contributed by atoms with Crippen LogP contribution in [0.3, 0.4) is 0 Å². The van der Waals surface area contributed by atoms with Crippen LogP contribution in [0.1, 0.15) is 91.5 Å². The number of benzene rings is 9. The summed E-state index contributed by atoms with van der Waals surface area (Å²) in [5, 5.41) is 10.5. The lowest BCUT2D eigenvalue weighted by molar-refractivity contribution is 0.569. The Morgan fingerprint density at radius 2 is 0.657 bits per heavy atom. The van der Waals surface area contributed by atoms with Crippen molar-refractivity contribution in [1.29, 1.82) is 0 Å². The van der Waals surface area contributed by atoms with Gasteiger partial charge in [0.25, 0.3) is 0 Å². The van der Waals surface area contributed by atoms with Gasteiger partial charge in [-0.3, -0.25) is 0 Å². The Hall–Kier alpha value is -7.42. The molecule has 0 saturated heterocycles. The molecule has 0 unspecified atom stereocenters. The molecule has 2 nitrogen and oxygen atoms in total. The molecule has 0 aliphatic rings. The van der Waals surface area contributed by atoms with Gasteiger partial charge in [-0.1, -0.05) is 215 Å². The Bertz CT molecular complexity index is 4230. The number of nitrogens with zero attached hydrogens (tertiary/aromatic N) is 2. The minimum absolute atomic E-state index is 0.0211. The topological polar surface area (TPSA) is 8.82 Å². The number of aromatic nitrogens is 2. The minimum atomic E-state index is 0.0211. The molecular formula is C68H60N2. The van der Waals surface area contributed by atoms with Crippen LogP contribution in [0.4, 0.5) is 0 Å². The number of rotatable bonds is 5. The molecule has 2 heteroatoms. The molecule has 0 aliphatic heterocycles. The van der Waals surface area contributed by atoms with Gasteiger partial charge in [0, 0.05) is 43.1 Å². The molecule has 0 saturated carbocycles. The molecular weight excluding hydrogens is 845 g/mol. The standard InChI is InChI=1S/C68H60N2/c1-11-40-32-43(34-45(33-40)66(2,3)4)50-22-14-12-20-48(50)41-28-30-54-58(37-41)69-56-26-18-16-24-52(56)61-63-55-31-29-42(38-59(55)70-57-27-19-17-25-53(57)60(65(63)70)62(54)64(61)69)49-21-13-15-23-51(49)44-35-46(67(5,6)7)39-47(36-44)68(8,9)10/h12-39H,11H2,1-10H3. The molecule has 9 aromatic carbocycles. The van der Waals surface area contributed by atoms with Crippen molar-refractivity contribution in [3.05, 3.63) is 192 Å². The number of para-hydroxylation sites is 2. The fraction of sp³-hybridized carbons (Fsp3) is 0.206. The van der Waals surface area contributed by atoms with Crippen LogP contribution < -0.4 is 0 Å². The van der Waals surface area contributed by atoms with Crippen LogP contribution in [0.15, 0.2) is 170 Å². The van der Waals surface area contributed by atoms with Crippen LogP contribution in [-0.2, 0) is 22.7 Å². The van der Waals surface area contributed by atoms with Crippen LogP contribution in [0.25, 0.3) is 121 Å². The van der Waals surface area contributed by atoms with E-state index in [4.69, 9.17) is 0 Å². The highest BCUT2D eigenvalue weighted by molar-refractivity contribution is 6.45. The smallest absolute Gasteiger partial charge is 0.0634 e. The summed E-state index contributed by atoms with van der Waals surface area (Å²) >= 11 is 0. The Kier molecular flexibility index (Phi) is 9.02. The van der Waals surface area contributed by atoms with Crippen LogP contribution in [0.5, 0.6) is 0 Å². The monoisotopic (exact) mass is 904 g/mol. The largest absolute Gasteiger partial charge is 0.308 e. The molecule has 0 aliphatic carbocycles. The molecule has 0 spiro atoms. The van der Waals surface area contributed by atoms with Crippen molar-refractivity contribution in [2.45, 2.75) is 91.9 Å². The second-order valence-electron chi connectivity index (χ2n) is 23.3. The third-order valence-electron chi connectivity index (χ3n) is 15.8. The van der Waals surface area contributed by atoms with E-state index >= 15 is 0 Å². The third-order valence-corrected chi connectivity index (χ3v) is 15.8. The van der Waals surface area contributed by atoms with Crippen molar-refractivity contribution in [3.63, 3.8) is 0 Å². The predicted molar refractivity (Wildman–Crippen MR) is 303 cm³/mol. The summed E-state index contributed by atoms with van der Waals surface area (Å²) in [7, 11) is 0. The quantitative estimate of drug-likeness (QED) is 0.163. The average molecular weight is 905 g/mol. The Morgan fingerprint density at radius 1 is 0.314 bits per heavy atom. The number of hydrogen-bond acceptors (Lipinski definition) is 0. The first-order chi connectivity index (χ1) is 33.6. The van der Waals surface area contributed by atoms with Gasteiger partial charge in [0.05, 0.1) is 33.1 Å². The van der Waals surface area contributed by atoms with Gasteiger partial charge in [-0.15, -0.1) is 0 Å². The van der Waals surface area contributed by atoms with E-state index in [2.05, 4.69) is 248 Å². The SMILES string of the molecule is CCc1cc(-c2ccccc2-c2ccc3c4c5c6ccccc6n6c7cc(-c8ccccc8-c8cc(C(C)(C)C)cc(C(C)(C)C)c8)ccc7c(c7c8ccccc8n(c3c2)c74)c56)cc(C(C)(C)C)c1. The molecule has 13 rings (SSSR count). The summed E-state index contributed by atoms with van der Waals surface area (Å²) in [6.07, 6.45) is 1.00. The van der Waals surface area contributed by atoms with Crippen LogP contribution >= 0.6 is 0 Å². The second-order valence-corrected chi connectivity index (χ2v) is 23.3. The average Bonchev–Trinajstić information content (AvgIpc) is 4.08. The van der Waals surface area contributed by atoms with Gasteiger partial charge in [0.15, 0.2) is 0 Å². The second kappa shape index (κ2) is 14.8. The molecule has 13 aromatic rings. The van der Waals surface area contributed by atoms with Crippen LogP contribution in [0.2, 0.25) is 0 Å². The van der Waals surface area contributed by atoms with Crippen molar-refractivity contribution in [2.75, 3.05) is 0 Å². The highest BCUT2D eigenvalue weighted by Gasteiger charge is 2.30. The van der Waals surface area contributed by atoms with E-state index in [1.165, 1.54) is 143 Å². The van der Waals surface area contributed by atoms with E-state index in [0.29, 0.717) is 0 Å². The first-order valence-electron chi connectivity index (χ1n) is 25.4. The third kappa shape index (κ3) is 6.18. The number of aryl methyl sites for hydroxylation is 1. The summed E-state index contributed by atoms with van der Waals surface area (Å²) in [5.74, 6) is 0. The summed E-state index contributed by atoms with van der Waals surface area (Å²) in [6, 6.07) is 65.4. The molecule has 342 valence electrons. The lowest BCUT2D eigenvalue weighted by Gasteiger charge is -2.26. The van der Waals surface area contributed by atoms with E-state index in [-0.39, 0.29) is 16.2 Å². The van der Waals surface area contributed by atoms with Crippen LogP contribution in [-0.4, -0.2) is 8.80 Å². The zero-order chi connectivity index (χ0) is 48.2. The van der Waals surface area contributed by atoms with E-state index in [0.717, 1.165) is 6.42 Å². The first kappa shape index (κ1) is 42.7. The van der Waals surface area contributed by atoms with E-state index < -0.39 is 0 Å². The van der Waals surface area contributed by atoms with E-state index in [1.54, 1.807) is 0 Å². The van der Waals surface area contributed by atoms with Crippen molar-refractivity contribution in [3.8, 4) is 44.5 Å². The van der Waals surface area contributed by atoms with E-state index in [9.17, 15) is 0 Å². The zero-order valence-corrected chi connectivity index (χ0v) is 42.3. The van der Waals surface area contributed by atoms with Gasteiger partial charge in [0.1, 0.15) is 0 Å². The molecule has 0 N–H and O–H groups in total. The fourth-order valence-corrected chi connectivity index (χ4v) is 12.0. The number of hydrogen-bond donors (Lipinski definition) is 0. The molecule has 0 amide bonds. The van der Waals surface area contributed by atoms with Gasteiger partial charge in [-0.05, 0) is 114 Å². The van der Waals surface area contributed by atoms with Gasteiger partial charge in [0.2, 0.25) is 0 Å². The highest BCUT2D eigenvalue weighted by Crippen LogP contribution is 2.53. The van der Waals surface area contributed by atoms with Gasteiger partial charge in [-0.25, -0.2) is 0 Å². The Balaban J connectivity index is 1.08. The maximum atomic E-state index is 2.60. The van der Waals surface area contributed by atoms with Crippen molar-refractivity contribution in [1.82, 2.24) is 8.80 Å². The summed E-state index contributed by atoms with van der Waals surface area (Å²) in [6.45, 7) is 23.2. The Morgan fingerprint density at radius 3 is 1.06 bits per heavy atom. The van der Waals surface area contributed by atoms with Crippen LogP contribution in [0, 0.1) is 0 Å². The lowest BCUT2D eigenvalue weighted by atomic mass is 9.78. The highest BCUT2D eigenvalue weighted by atomic mass is 14.9. The van der Waals surface area contributed by atoms with Gasteiger partial charge >= 0.3 is 0 Å². The molecule has 0 bridgehead atoms. The summed E-state index contributed by atoms with van der Waals surface area (Å²) in [5.41, 5.74) is 23.3. The number of fused-ring (bicyclic) bond motifs is 14. The zero-order valence-electron chi connectivity index (χ0n) is 42.3. The predicted octanol–water partition coefficient (Wildman–Crippen LogP) is 19.1. The van der Waals surface area contributed by atoms with Gasteiger partial charge in [-0.2, -0.15) is 0 Å². The Labute approximate surface area is 411 Å². The normalized spacial score (nSPS) is 13.1. The first-order valence-corrected chi connectivity index (χ1v) is 25.4. The molecule has 0 atom stereocenters. The lowest BCUT2D eigenvalue weighted by Crippen LogP contribution is -2.16. The summed E-state index contributed by atoms with van der Waals surface area (Å²) < 4.78 is 5.19. The minimum Gasteiger partial charge on any atom is -0.308 e. The van der Waals surface area contributed by atoms with Crippen molar-refractivity contribution < 1.29 is 0 Å². The maximum absolute atomic E-state index is 2.60. The maximum Gasteiger partial charge on any atom is 0.0634 e. The fourth-order valence-electron chi connectivity index (χ4n) is 12.0. The molecule has 0 fully saturated rings. The summed E-state index contributed by atoms with van der Waals surface area (Å²) in [4.78, 5) is 0. The molecule has 0 radical (unpaired) electrons.